The monoisotopic (exact) mass is 430 g/mol. The zero-order valence-electron chi connectivity index (χ0n) is 18.1. The molecule has 2 aromatic rings. The van der Waals surface area contributed by atoms with E-state index in [1.165, 1.54) is 5.56 Å². The van der Waals surface area contributed by atoms with E-state index < -0.39 is 0 Å². The van der Waals surface area contributed by atoms with E-state index in [4.69, 9.17) is 21.1 Å². The van der Waals surface area contributed by atoms with Crippen LogP contribution in [0.15, 0.2) is 42.5 Å². The van der Waals surface area contributed by atoms with Crippen molar-refractivity contribution < 1.29 is 14.3 Å². The molecule has 1 amide bonds. The smallest absolute Gasteiger partial charge is 0.257 e. The largest absolute Gasteiger partial charge is 0.497 e. The second-order valence-corrected chi connectivity index (χ2v) is 8.35. The summed E-state index contributed by atoms with van der Waals surface area (Å²) in [5, 5.41) is 0.783. The van der Waals surface area contributed by atoms with E-state index in [9.17, 15) is 4.79 Å². The predicted octanol–water partition coefficient (Wildman–Crippen LogP) is 4.38. The fourth-order valence-electron chi connectivity index (χ4n) is 3.98. The third-order valence-corrected chi connectivity index (χ3v) is 6.11. The topological polar surface area (TPSA) is 42.0 Å². The summed E-state index contributed by atoms with van der Waals surface area (Å²) < 4.78 is 10.6. The second-order valence-electron chi connectivity index (χ2n) is 7.91. The van der Waals surface area contributed by atoms with Gasteiger partial charge in [0.15, 0.2) is 0 Å². The molecule has 1 aliphatic heterocycles. The number of hydrogen-bond donors (Lipinski definition) is 0. The molecule has 5 nitrogen and oxygen atoms in total. The van der Waals surface area contributed by atoms with Crippen LogP contribution in [0.5, 0.6) is 11.5 Å². The van der Waals surface area contributed by atoms with Gasteiger partial charge in [-0.3, -0.25) is 4.79 Å². The summed E-state index contributed by atoms with van der Waals surface area (Å²) in [4.78, 5) is 17.3. The Balaban J connectivity index is 1.47. The van der Waals surface area contributed by atoms with Crippen molar-refractivity contribution in [3.8, 4) is 11.5 Å². The molecule has 162 valence electrons. The summed E-state index contributed by atoms with van der Waals surface area (Å²) in [5.41, 5.74) is 1.89. The summed E-state index contributed by atoms with van der Waals surface area (Å²) in [6.07, 6.45) is 3.26. The van der Waals surface area contributed by atoms with Crippen molar-refractivity contribution in [2.45, 2.75) is 19.3 Å². The number of piperidine rings is 1. The van der Waals surface area contributed by atoms with Crippen LogP contribution in [0.3, 0.4) is 0 Å². The van der Waals surface area contributed by atoms with Crippen LogP contribution in [0.2, 0.25) is 5.02 Å². The van der Waals surface area contributed by atoms with E-state index >= 15 is 0 Å². The number of halogens is 1. The van der Waals surface area contributed by atoms with Gasteiger partial charge < -0.3 is 19.3 Å². The molecular formula is C24H31ClN2O3. The zero-order chi connectivity index (χ0) is 21.5. The first-order chi connectivity index (χ1) is 14.5. The van der Waals surface area contributed by atoms with Gasteiger partial charge in [-0.2, -0.15) is 0 Å². The van der Waals surface area contributed by atoms with Crippen molar-refractivity contribution in [3.63, 3.8) is 0 Å². The van der Waals surface area contributed by atoms with E-state index in [1.54, 1.807) is 32.4 Å². The van der Waals surface area contributed by atoms with Crippen LogP contribution in [0.4, 0.5) is 0 Å². The van der Waals surface area contributed by atoms with Gasteiger partial charge in [0.25, 0.3) is 5.91 Å². The van der Waals surface area contributed by atoms with Crippen LogP contribution in [-0.2, 0) is 6.42 Å². The molecule has 1 heterocycles. The molecule has 0 aliphatic carbocycles. The summed E-state index contributed by atoms with van der Waals surface area (Å²) in [7, 11) is 5.05. The molecular weight excluding hydrogens is 400 g/mol. The Bertz CT molecular complexity index is 833. The summed E-state index contributed by atoms with van der Waals surface area (Å²) in [6.45, 7) is 3.98. The quantitative estimate of drug-likeness (QED) is 0.623. The lowest BCUT2D eigenvalue weighted by Gasteiger charge is -2.34. The fourth-order valence-corrected chi connectivity index (χ4v) is 4.11. The number of amides is 1. The molecule has 2 aromatic carbocycles. The molecule has 0 atom stereocenters. The number of ether oxygens (including phenoxy) is 2. The Hall–Kier alpha value is -2.24. The number of hydrogen-bond acceptors (Lipinski definition) is 4. The number of carbonyl (C=O) groups excluding carboxylic acids is 1. The lowest BCUT2D eigenvalue weighted by Crippen LogP contribution is -2.40. The van der Waals surface area contributed by atoms with Crippen molar-refractivity contribution in [1.82, 2.24) is 9.80 Å². The third-order valence-electron chi connectivity index (χ3n) is 5.85. The SMILES string of the molecule is COc1ccc(C(=O)N(C)CC2CCN(CCc3ccc(Cl)cc3)CC2)c(OC)c1. The Morgan fingerprint density at radius 2 is 1.80 bits per heavy atom. The van der Waals surface area contributed by atoms with Crippen molar-refractivity contribution in [2.24, 2.45) is 5.92 Å². The molecule has 1 fully saturated rings. The van der Waals surface area contributed by atoms with Gasteiger partial charge >= 0.3 is 0 Å². The second kappa shape index (κ2) is 10.7. The highest BCUT2D eigenvalue weighted by atomic mass is 35.5. The van der Waals surface area contributed by atoms with Gasteiger partial charge in [0.05, 0.1) is 19.8 Å². The molecule has 3 rings (SSSR count). The Kier molecular flexibility index (Phi) is 8.00. The van der Waals surface area contributed by atoms with E-state index in [0.717, 1.165) is 50.5 Å². The van der Waals surface area contributed by atoms with Crippen LogP contribution in [0, 0.1) is 5.92 Å². The van der Waals surface area contributed by atoms with Crippen molar-refractivity contribution in [3.05, 3.63) is 58.6 Å². The summed E-state index contributed by atoms with van der Waals surface area (Å²) in [5.74, 6) is 1.73. The number of carbonyl (C=O) groups is 1. The van der Waals surface area contributed by atoms with Crippen molar-refractivity contribution >= 4 is 17.5 Å². The van der Waals surface area contributed by atoms with Gasteiger partial charge in [-0.15, -0.1) is 0 Å². The minimum atomic E-state index is -0.0142. The van der Waals surface area contributed by atoms with Gasteiger partial charge in [-0.05, 0) is 68.1 Å². The molecule has 1 saturated heterocycles. The van der Waals surface area contributed by atoms with E-state index in [2.05, 4.69) is 17.0 Å². The highest BCUT2D eigenvalue weighted by Gasteiger charge is 2.24. The van der Waals surface area contributed by atoms with Gasteiger partial charge in [0.1, 0.15) is 11.5 Å². The number of methoxy groups -OCH3 is 2. The number of likely N-dealkylation sites (tertiary alicyclic amines) is 1. The summed E-state index contributed by atoms with van der Waals surface area (Å²) >= 11 is 5.96. The van der Waals surface area contributed by atoms with Gasteiger partial charge in [0.2, 0.25) is 0 Å². The molecule has 0 bridgehead atoms. The number of rotatable bonds is 8. The molecule has 6 heteroatoms. The van der Waals surface area contributed by atoms with Crippen LogP contribution in [-0.4, -0.2) is 63.2 Å². The zero-order valence-corrected chi connectivity index (χ0v) is 18.8. The number of nitrogens with zero attached hydrogens (tertiary/aromatic N) is 2. The van der Waals surface area contributed by atoms with Gasteiger partial charge in [-0.25, -0.2) is 0 Å². The van der Waals surface area contributed by atoms with Crippen LogP contribution in [0.1, 0.15) is 28.8 Å². The molecule has 30 heavy (non-hydrogen) atoms. The molecule has 0 saturated carbocycles. The van der Waals surface area contributed by atoms with Crippen molar-refractivity contribution in [1.29, 1.82) is 0 Å². The van der Waals surface area contributed by atoms with Gasteiger partial charge in [0, 0.05) is 31.2 Å². The van der Waals surface area contributed by atoms with Gasteiger partial charge in [-0.1, -0.05) is 23.7 Å². The Labute approximate surface area is 184 Å². The molecule has 1 aliphatic rings. The summed E-state index contributed by atoms with van der Waals surface area (Å²) in [6, 6.07) is 13.4. The number of benzene rings is 2. The lowest BCUT2D eigenvalue weighted by molar-refractivity contribution is 0.0737. The maximum absolute atomic E-state index is 12.9. The van der Waals surface area contributed by atoms with Crippen molar-refractivity contribution in [2.75, 3.05) is 47.4 Å². The third kappa shape index (κ3) is 5.89. The molecule has 0 radical (unpaired) electrons. The minimum Gasteiger partial charge on any atom is -0.497 e. The van der Waals surface area contributed by atoms with E-state index in [1.807, 2.05) is 24.1 Å². The first-order valence-electron chi connectivity index (χ1n) is 10.4. The Morgan fingerprint density at radius 3 is 2.43 bits per heavy atom. The maximum Gasteiger partial charge on any atom is 0.257 e. The first kappa shape index (κ1) is 22.4. The fraction of sp³-hybridized carbons (Fsp3) is 0.458. The van der Waals surface area contributed by atoms with Crippen LogP contribution < -0.4 is 9.47 Å². The average molecular weight is 431 g/mol. The highest BCUT2D eigenvalue weighted by molar-refractivity contribution is 6.30. The normalized spacial score (nSPS) is 15.1. The predicted molar refractivity (Wildman–Crippen MR) is 121 cm³/mol. The molecule has 0 unspecified atom stereocenters. The maximum atomic E-state index is 12.9. The molecule has 0 spiro atoms. The highest BCUT2D eigenvalue weighted by Crippen LogP contribution is 2.26. The van der Waals surface area contributed by atoms with E-state index in [0.29, 0.717) is 23.0 Å². The van der Waals surface area contributed by atoms with Crippen LogP contribution >= 0.6 is 11.6 Å². The van der Waals surface area contributed by atoms with Crippen LogP contribution in [0.25, 0.3) is 0 Å². The minimum absolute atomic E-state index is 0.0142. The molecule has 0 aromatic heterocycles. The average Bonchev–Trinajstić information content (AvgIpc) is 2.78. The molecule has 0 N–H and O–H groups in total. The Morgan fingerprint density at radius 1 is 1.10 bits per heavy atom. The first-order valence-corrected chi connectivity index (χ1v) is 10.8. The lowest BCUT2D eigenvalue weighted by atomic mass is 9.95. The van der Waals surface area contributed by atoms with E-state index in [-0.39, 0.29) is 5.91 Å². The standard InChI is InChI=1S/C24H31ClN2O3/c1-26(24(28)22-9-8-21(29-2)16-23(22)30-3)17-19-11-14-27(15-12-19)13-10-18-4-6-20(25)7-5-18/h4-9,16,19H,10-15,17H2,1-3H3.